The van der Waals surface area contributed by atoms with Crippen molar-refractivity contribution in [3.05, 3.63) is 0 Å². The molecule has 74 valence electrons. The van der Waals surface area contributed by atoms with Gasteiger partial charge < -0.3 is 13.6 Å². The van der Waals surface area contributed by atoms with Gasteiger partial charge in [0.25, 0.3) is 0 Å². The third-order valence-electron chi connectivity index (χ3n) is 0.915. The van der Waals surface area contributed by atoms with Gasteiger partial charge in [-0.3, -0.25) is 8.77 Å². The zero-order valence-electron chi connectivity index (χ0n) is 8.02. The van der Waals surface area contributed by atoms with E-state index in [0.29, 0.717) is 0 Å². The molecule has 0 aromatic rings. The first-order chi connectivity index (χ1) is 5.54. The van der Waals surface area contributed by atoms with Crippen LogP contribution >= 0.6 is 7.60 Å². The summed E-state index contributed by atoms with van der Waals surface area (Å²) in [6, 6.07) is 0. The largest absolute Gasteiger partial charge is 1.00 e. The second kappa shape index (κ2) is 8.56. The average molecular weight is 238 g/mol. The smallest absolute Gasteiger partial charge is 0.772 e. The van der Waals surface area contributed by atoms with Crippen LogP contribution in [0.1, 0.15) is 13.8 Å². The fourth-order valence-corrected chi connectivity index (χ4v) is 3.12. The van der Waals surface area contributed by atoms with Crippen molar-refractivity contribution in [3.63, 3.8) is 0 Å². The molecule has 0 amide bonds. The molecule has 0 saturated heterocycles. The molecule has 0 aliphatic heterocycles. The van der Waals surface area contributed by atoms with Crippen molar-refractivity contribution in [2.24, 2.45) is 0 Å². The molecule has 0 spiro atoms. The van der Waals surface area contributed by atoms with Crippen LogP contribution in [0.5, 0.6) is 0 Å². The van der Waals surface area contributed by atoms with E-state index in [9.17, 15) is 13.3 Å². The standard InChI is InChI=1S/C5H13O5PS.Na/c1-3-9-11(6,10-4-2)5-12(7)8;/h3-5H2,1-2H3,(H,7,8);/q;+1/p-1. The second-order valence-electron chi connectivity index (χ2n) is 1.88. The van der Waals surface area contributed by atoms with Gasteiger partial charge in [0.05, 0.1) is 13.2 Å². The van der Waals surface area contributed by atoms with Crippen LogP contribution in [0.2, 0.25) is 0 Å². The summed E-state index contributed by atoms with van der Waals surface area (Å²) >= 11 is -2.40. The van der Waals surface area contributed by atoms with Crippen LogP contribution < -0.4 is 29.6 Å². The van der Waals surface area contributed by atoms with Crippen molar-refractivity contribution in [2.45, 2.75) is 13.8 Å². The van der Waals surface area contributed by atoms with E-state index in [1.54, 1.807) is 13.8 Å². The van der Waals surface area contributed by atoms with Gasteiger partial charge in [0, 0.05) is 0 Å². The maximum absolute atomic E-state index is 11.4. The number of hydrogen-bond donors (Lipinski definition) is 0. The Labute approximate surface area is 103 Å². The Morgan fingerprint density at radius 3 is 1.92 bits per heavy atom. The third-order valence-corrected chi connectivity index (χ3v) is 4.33. The summed E-state index contributed by atoms with van der Waals surface area (Å²) < 4.78 is 41.3. The quantitative estimate of drug-likeness (QED) is 0.307. The van der Waals surface area contributed by atoms with Gasteiger partial charge >= 0.3 is 37.2 Å². The SMILES string of the molecule is CCOP(=O)(CS(=O)[O-])OCC.[Na+]. The molecule has 0 fully saturated rings. The minimum Gasteiger partial charge on any atom is -0.772 e. The molecule has 0 aliphatic rings. The van der Waals surface area contributed by atoms with Gasteiger partial charge in [-0.15, -0.1) is 0 Å². The summed E-state index contributed by atoms with van der Waals surface area (Å²) in [6.07, 6.45) is 0. The van der Waals surface area contributed by atoms with Crippen molar-refractivity contribution < 1.29 is 51.9 Å². The van der Waals surface area contributed by atoms with E-state index in [1.165, 1.54) is 0 Å². The molecule has 0 saturated carbocycles. The average Bonchev–Trinajstić information content (AvgIpc) is 1.85. The fourth-order valence-electron chi connectivity index (χ4n) is 0.634. The molecule has 8 heteroatoms. The van der Waals surface area contributed by atoms with Crippen LogP contribution in [0, 0.1) is 0 Å². The van der Waals surface area contributed by atoms with Gasteiger partial charge in [0.1, 0.15) is 5.49 Å². The minimum absolute atomic E-state index is 0. The van der Waals surface area contributed by atoms with Gasteiger partial charge in [-0.1, -0.05) is 0 Å². The van der Waals surface area contributed by atoms with Crippen LogP contribution in [0.25, 0.3) is 0 Å². The van der Waals surface area contributed by atoms with Crippen LogP contribution in [0.3, 0.4) is 0 Å². The van der Waals surface area contributed by atoms with Gasteiger partial charge in [-0.05, 0) is 24.9 Å². The molecule has 0 aromatic heterocycles. The molecule has 0 radical (unpaired) electrons. The molecule has 0 rings (SSSR count). The maximum atomic E-state index is 11.4. The minimum atomic E-state index is -3.39. The molecular weight excluding hydrogens is 226 g/mol. The molecule has 5 nitrogen and oxygen atoms in total. The molecule has 0 aromatic carbocycles. The molecule has 0 N–H and O–H groups in total. The predicted molar refractivity (Wildman–Crippen MR) is 44.6 cm³/mol. The van der Waals surface area contributed by atoms with Crippen molar-refractivity contribution in [1.82, 2.24) is 0 Å². The van der Waals surface area contributed by atoms with Gasteiger partial charge in [-0.2, -0.15) is 0 Å². The van der Waals surface area contributed by atoms with E-state index in [1.807, 2.05) is 0 Å². The van der Waals surface area contributed by atoms with E-state index in [-0.39, 0.29) is 42.8 Å². The Bertz CT molecular complexity index is 189. The molecule has 1 unspecified atom stereocenters. The first-order valence-corrected chi connectivity index (χ1v) is 6.45. The number of hydrogen-bond acceptors (Lipinski definition) is 5. The summed E-state index contributed by atoms with van der Waals surface area (Å²) in [4.78, 5) is 0. The first kappa shape index (κ1) is 16.7. The van der Waals surface area contributed by atoms with E-state index in [2.05, 4.69) is 0 Å². The van der Waals surface area contributed by atoms with Gasteiger partial charge in [0.2, 0.25) is 0 Å². The molecule has 1 atom stereocenters. The van der Waals surface area contributed by atoms with Crippen LogP contribution in [-0.4, -0.2) is 27.5 Å². The van der Waals surface area contributed by atoms with Crippen LogP contribution in [0.4, 0.5) is 0 Å². The van der Waals surface area contributed by atoms with Crippen LogP contribution in [-0.2, 0) is 24.7 Å². The molecular formula is C5H12NaO5PS. The monoisotopic (exact) mass is 238 g/mol. The summed E-state index contributed by atoms with van der Waals surface area (Å²) in [5, 5.41) is 0. The summed E-state index contributed by atoms with van der Waals surface area (Å²) in [5.74, 6) is 0. The molecule has 13 heavy (non-hydrogen) atoms. The Hall–Kier alpha value is 1.26. The van der Waals surface area contributed by atoms with E-state index >= 15 is 0 Å². The van der Waals surface area contributed by atoms with Crippen molar-refractivity contribution in [3.8, 4) is 0 Å². The normalized spacial score (nSPS) is 13.5. The van der Waals surface area contributed by atoms with Crippen molar-refractivity contribution >= 4 is 18.7 Å². The first-order valence-electron chi connectivity index (χ1n) is 3.48. The molecule has 0 heterocycles. The summed E-state index contributed by atoms with van der Waals surface area (Å²) in [7, 11) is -3.39. The van der Waals surface area contributed by atoms with E-state index in [0.717, 1.165) is 0 Å². The summed E-state index contributed by atoms with van der Waals surface area (Å²) in [6.45, 7) is 3.60. The number of rotatable bonds is 6. The van der Waals surface area contributed by atoms with Crippen molar-refractivity contribution in [2.75, 3.05) is 18.7 Å². The predicted octanol–water partition coefficient (Wildman–Crippen LogP) is -1.91. The summed E-state index contributed by atoms with van der Waals surface area (Å²) in [5.41, 5.74) is -0.575. The fraction of sp³-hybridized carbons (Fsp3) is 1.00. The van der Waals surface area contributed by atoms with Crippen LogP contribution in [0.15, 0.2) is 0 Å². The van der Waals surface area contributed by atoms with Gasteiger partial charge in [-0.25, -0.2) is 0 Å². The van der Waals surface area contributed by atoms with Gasteiger partial charge in [0.15, 0.2) is 0 Å². The zero-order valence-corrected chi connectivity index (χ0v) is 11.7. The Morgan fingerprint density at radius 2 is 1.69 bits per heavy atom. The maximum Gasteiger partial charge on any atom is 1.00 e. The Kier molecular flexibility index (Phi) is 11.0. The Balaban J connectivity index is 0. The zero-order chi connectivity index (χ0) is 9.61. The van der Waals surface area contributed by atoms with Crippen molar-refractivity contribution in [1.29, 1.82) is 0 Å². The Morgan fingerprint density at radius 1 is 1.31 bits per heavy atom. The van der Waals surface area contributed by atoms with E-state index in [4.69, 9.17) is 9.05 Å². The third kappa shape index (κ3) is 8.27. The second-order valence-corrected chi connectivity index (χ2v) is 5.26. The topological polar surface area (TPSA) is 75.7 Å². The van der Waals surface area contributed by atoms with E-state index < -0.39 is 24.2 Å². The molecule has 0 aliphatic carbocycles. The molecule has 0 bridgehead atoms.